The second-order valence-electron chi connectivity index (χ2n) is 3.18. The maximum absolute atomic E-state index is 5.49. The second kappa shape index (κ2) is 5.00. The molecule has 0 radical (unpaired) electrons. The number of nitrogens with two attached hydrogens (primary N) is 1. The molecule has 1 heterocycles. The number of hydrogen-bond acceptors (Lipinski definition) is 3. The molecule has 0 aliphatic heterocycles. The molecule has 1 aromatic carbocycles. The Labute approximate surface area is 93.1 Å². The minimum Gasteiger partial charge on any atom is -0.339 e. The van der Waals surface area contributed by atoms with Gasteiger partial charge in [0.15, 0.2) is 5.16 Å². The summed E-state index contributed by atoms with van der Waals surface area (Å²) in [7, 11) is 0. The Morgan fingerprint density at radius 1 is 1.27 bits per heavy atom. The largest absolute Gasteiger partial charge is 0.339 e. The van der Waals surface area contributed by atoms with Crippen LogP contribution >= 0.6 is 11.8 Å². The summed E-state index contributed by atoms with van der Waals surface area (Å²) in [6, 6.07) is 8.41. The van der Waals surface area contributed by atoms with Crippen LogP contribution in [0.5, 0.6) is 0 Å². The summed E-state index contributed by atoms with van der Waals surface area (Å²) in [4.78, 5) is 8.40. The number of aromatic nitrogens is 2. The molecule has 0 spiro atoms. The molecule has 0 fully saturated rings. The Morgan fingerprint density at radius 2 is 2.07 bits per heavy atom. The van der Waals surface area contributed by atoms with Gasteiger partial charge in [0.1, 0.15) is 0 Å². The maximum atomic E-state index is 5.49. The average molecular weight is 219 g/mol. The van der Waals surface area contributed by atoms with Crippen LogP contribution in [0.25, 0.3) is 0 Å². The van der Waals surface area contributed by atoms with E-state index in [2.05, 4.69) is 34.2 Å². The van der Waals surface area contributed by atoms with Gasteiger partial charge in [-0.3, -0.25) is 0 Å². The molecule has 78 valence electrons. The summed E-state index contributed by atoms with van der Waals surface area (Å²) < 4.78 is 0. The lowest BCUT2D eigenvalue weighted by Crippen LogP contribution is -2.02. The van der Waals surface area contributed by atoms with Crippen LogP contribution in [0, 0.1) is 0 Å². The lowest BCUT2D eigenvalue weighted by atomic mass is 10.2. The second-order valence-corrected chi connectivity index (χ2v) is 4.24. The number of nitrogens with zero attached hydrogens (tertiary/aromatic N) is 1. The summed E-state index contributed by atoms with van der Waals surface area (Å²) in [5.41, 5.74) is 6.77. The number of hydrogen-bond donors (Lipinski definition) is 2. The molecule has 0 unspecified atom stereocenters. The zero-order chi connectivity index (χ0) is 10.5. The van der Waals surface area contributed by atoms with Crippen LogP contribution in [-0.2, 0) is 6.42 Å². The van der Waals surface area contributed by atoms with Crippen molar-refractivity contribution in [1.29, 1.82) is 0 Å². The van der Waals surface area contributed by atoms with Gasteiger partial charge in [-0.1, -0.05) is 23.9 Å². The van der Waals surface area contributed by atoms with Crippen molar-refractivity contribution in [1.82, 2.24) is 9.97 Å². The van der Waals surface area contributed by atoms with Crippen LogP contribution in [0.4, 0.5) is 0 Å². The molecule has 2 rings (SSSR count). The Morgan fingerprint density at radius 3 is 2.67 bits per heavy atom. The molecule has 0 aliphatic rings. The van der Waals surface area contributed by atoms with Gasteiger partial charge in [-0.25, -0.2) is 4.98 Å². The molecule has 0 saturated heterocycles. The fraction of sp³-hybridized carbons (Fsp3) is 0.182. The first-order chi connectivity index (χ1) is 7.38. The van der Waals surface area contributed by atoms with Gasteiger partial charge in [-0.15, -0.1) is 0 Å². The third-order valence-corrected chi connectivity index (χ3v) is 2.97. The number of H-pyrrole nitrogens is 1. The molecule has 0 saturated carbocycles. The quantitative estimate of drug-likeness (QED) is 0.827. The van der Waals surface area contributed by atoms with Gasteiger partial charge in [-0.2, -0.15) is 0 Å². The molecule has 0 bridgehead atoms. The topological polar surface area (TPSA) is 54.7 Å². The van der Waals surface area contributed by atoms with E-state index in [1.165, 1.54) is 10.5 Å². The number of nitrogens with one attached hydrogen (secondary N) is 1. The Balaban J connectivity index is 2.04. The van der Waals surface area contributed by atoms with Crippen LogP contribution in [0.3, 0.4) is 0 Å². The van der Waals surface area contributed by atoms with E-state index < -0.39 is 0 Å². The highest BCUT2D eigenvalue weighted by Gasteiger charge is 1.98. The number of rotatable bonds is 4. The molecular weight excluding hydrogens is 206 g/mol. The third kappa shape index (κ3) is 2.84. The van der Waals surface area contributed by atoms with Crippen LogP contribution in [0.15, 0.2) is 46.7 Å². The minimum atomic E-state index is 0.699. The molecule has 0 aliphatic carbocycles. The fourth-order valence-corrected chi connectivity index (χ4v) is 2.05. The zero-order valence-electron chi connectivity index (χ0n) is 8.31. The molecule has 3 N–H and O–H groups in total. The first-order valence-electron chi connectivity index (χ1n) is 4.85. The van der Waals surface area contributed by atoms with Gasteiger partial charge in [0.2, 0.25) is 0 Å². The van der Waals surface area contributed by atoms with E-state index in [1.54, 1.807) is 18.0 Å². The summed E-state index contributed by atoms with van der Waals surface area (Å²) in [6.07, 6.45) is 4.52. The van der Waals surface area contributed by atoms with Crippen molar-refractivity contribution in [2.45, 2.75) is 16.5 Å². The molecule has 0 amide bonds. The molecule has 3 nitrogen and oxygen atoms in total. The number of imidazole rings is 1. The molecule has 2 aromatic rings. The molecule has 0 atom stereocenters. The number of benzene rings is 1. The van der Waals surface area contributed by atoms with Gasteiger partial charge >= 0.3 is 0 Å². The van der Waals surface area contributed by atoms with Crippen molar-refractivity contribution in [3.63, 3.8) is 0 Å². The Hall–Kier alpha value is -1.26. The zero-order valence-corrected chi connectivity index (χ0v) is 9.13. The Kier molecular flexibility index (Phi) is 3.42. The third-order valence-electron chi connectivity index (χ3n) is 2.04. The molecule has 1 aromatic heterocycles. The van der Waals surface area contributed by atoms with E-state index in [9.17, 15) is 0 Å². The molecular formula is C11H13N3S. The first-order valence-corrected chi connectivity index (χ1v) is 5.66. The van der Waals surface area contributed by atoms with Crippen LogP contribution in [0.2, 0.25) is 0 Å². The summed E-state index contributed by atoms with van der Waals surface area (Å²) in [5, 5.41) is 0.918. The van der Waals surface area contributed by atoms with E-state index in [4.69, 9.17) is 5.73 Å². The van der Waals surface area contributed by atoms with Crippen LogP contribution in [0.1, 0.15) is 5.56 Å². The van der Waals surface area contributed by atoms with Crippen molar-refractivity contribution < 1.29 is 0 Å². The minimum absolute atomic E-state index is 0.699. The lowest BCUT2D eigenvalue weighted by Gasteiger charge is -2.00. The normalized spacial score (nSPS) is 10.5. The van der Waals surface area contributed by atoms with Crippen molar-refractivity contribution in [3.05, 3.63) is 42.2 Å². The van der Waals surface area contributed by atoms with E-state index in [0.717, 1.165) is 11.6 Å². The summed E-state index contributed by atoms with van der Waals surface area (Å²) in [5.74, 6) is 0. The predicted molar refractivity (Wildman–Crippen MR) is 61.9 cm³/mol. The van der Waals surface area contributed by atoms with Crippen LogP contribution in [-0.4, -0.2) is 16.5 Å². The van der Waals surface area contributed by atoms with Crippen molar-refractivity contribution >= 4 is 11.8 Å². The van der Waals surface area contributed by atoms with Gasteiger partial charge in [0.25, 0.3) is 0 Å². The smallest absolute Gasteiger partial charge is 0.170 e. The van der Waals surface area contributed by atoms with Crippen molar-refractivity contribution in [2.75, 3.05) is 6.54 Å². The van der Waals surface area contributed by atoms with Crippen LogP contribution < -0.4 is 5.73 Å². The Bertz CT molecular complexity index is 394. The standard InChI is InChI=1S/C11H13N3S/c12-6-5-9-1-3-10(4-2-9)15-11-13-7-8-14-11/h1-4,7-8H,5-6,12H2,(H,13,14). The summed E-state index contributed by atoms with van der Waals surface area (Å²) in [6.45, 7) is 0.699. The van der Waals surface area contributed by atoms with Gasteiger partial charge in [0.05, 0.1) is 0 Å². The van der Waals surface area contributed by atoms with E-state index in [1.807, 2.05) is 6.20 Å². The van der Waals surface area contributed by atoms with Crippen molar-refractivity contribution in [2.24, 2.45) is 5.73 Å². The van der Waals surface area contributed by atoms with Gasteiger partial charge in [-0.05, 0) is 30.7 Å². The monoisotopic (exact) mass is 219 g/mol. The van der Waals surface area contributed by atoms with E-state index >= 15 is 0 Å². The van der Waals surface area contributed by atoms with Gasteiger partial charge in [0, 0.05) is 17.3 Å². The van der Waals surface area contributed by atoms with E-state index in [-0.39, 0.29) is 0 Å². The predicted octanol–water partition coefficient (Wildman–Crippen LogP) is 2.06. The maximum Gasteiger partial charge on any atom is 0.170 e. The van der Waals surface area contributed by atoms with Gasteiger partial charge < -0.3 is 10.7 Å². The first kappa shape index (κ1) is 10.3. The average Bonchev–Trinajstić information content (AvgIpc) is 2.74. The van der Waals surface area contributed by atoms with Crippen molar-refractivity contribution in [3.8, 4) is 0 Å². The SMILES string of the molecule is NCCc1ccc(Sc2ncc[nH]2)cc1. The lowest BCUT2D eigenvalue weighted by molar-refractivity contribution is 0.966. The highest BCUT2D eigenvalue weighted by Crippen LogP contribution is 2.24. The fourth-order valence-electron chi connectivity index (χ4n) is 1.31. The summed E-state index contributed by atoms with van der Waals surface area (Å²) >= 11 is 1.62. The number of aromatic amines is 1. The highest BCUT2D eigenvalue weighted by atomic mass is 32.2. The van der Waals surface area contributed by atoms with E-state index in [0.29, 0.717) is 6.54 Å². The highest BCUT2D eigenvalue weighted by molar-refractivity contribution is 7.99. The molecule has 4 heteroatoms. The molecule has 15 heavy (non-hydrogen) atoms.